The second-order valence-electron chi connectivity index (χ2n) is 4.93. The number of nitrogens with zero attached hydrogens (tertiary/aromatic N) is 2. The maximum Gasteiger partial charge on any atom is 0.417 e. The fourth-order valence-corrected chi connectivity index (χ4v) is 2.45. The van der Waals surface area contributed by atoms with E-state index in [1.807, 2.05) is 18.4 Å². The molecule has 0 fully saturated rings. The van der Waals surface area contributed by atoms with E-state index in [0.29, 0.717) is 12.2 Å². The van der Waals surface area contributed by atoms with Gasteiger partial charge in [-0.05, 0) is 32.0 Å². The van der Waals surface area contributed by atoms with Gasteiger partial charge in [0.25, 0.3) is 0 Å². The number of hydrogen-bond donors (Lipinski definition) is 1. The van der Waals surface area contributed by atoms with Gasteiger partial charge in [-0.2, -0.15) is 13.2 Å². The summed E-state index contributed by atoms with van der Waals surface area (Å²) in [6.07, 6.45) is -0.961. The van der Waals surface area contributed by atoms with E-state index in [4.69, 9.17) is 0 Å². The van der Waals surface area contributed by atoms with Crippen molar-refractivity contribution in [3.63, 3.8) is 0 Å². The van der Waals surface area contributed by atoms with Crippen molar-refractivity contribution in [3.05, 3.63) is 46.5 Å². The zero-order chi connectivity index (χ0) is 15.6. The third-order valence-corrected chi connectivity index (χ3v) is 3.74. The Morgan fingerprint density at radius 2 is 2.05 bits per heavy atom. The SMILES string of the molecule is CC(C)n1cncc1CNc1ccc(Br)c(C(F)(F)F)c1. The highest BCUT2D eigenvalue weighted by Gasteiger charge is 2.33. The van der Waals surface area contributed by atoms with Gasteiger partial charge in [0.15, 0.2) is 0 Å². The molecule has 1 aromatic carbocycles. The number of halogens is 4. The van der Waals surface area contributed by atoms with Gasteiger partial charge in [0.1, 0.15) is 0 Å². The van der Waals surface area contributed by atoms with Gasteiger partial charge in [-0.25, -0.2) is 4.98 Å². The van der Waals surface area contributed by atoms with E-state index >= 15 is 0 Å². The maximum absolute atomic E-state index is 12.8. The van der Waals surface area contributed by atoms with Crippen LogP contribution in [0.3, 0.4) is 0 Å². The Bertz CT molecular complexity index is 620. The molecule has 0 saturated carbocycles. The summed E-state index contributed by atoms with van der Waals surface area (Å²) in [5, 5.41) is 3.00. The molecule has 1 heterocycles. The van der Waals surface area contributed by atoms with Crippen molar-refractivity contribution in [1.82, 2.24) is 9.55 Å². The summed E-state index contributed by atoms with van der Waals surface area (Å²) in [7, 11) is 0. The lowest BCUT2D eigenvalue weighted by atomic mass is 10.2. The minimum absolute atomic E-state index is 0.0350. The number of nitrogens with one attached hydrogen (secondary N) is 1. The van der Waals surface area contributed by atoms with Crippen molar-refractivity contribution in [2.75, 3.05) is 5.32 Å². The molecule has 0 aliphatic rings. The van der Waals surface area contributed by atoms with Crippen molar-refractivity contribution in [3.8, 4) is 0 Å². The lowest BCUT2D eigenvalue weighted by molar-refractivity contribution is -0.138. The Labute approximate surface area is 129 Å². The largest absolute Gasteiger partial charge is 0.417 e. The van der Waals surface area contributed by atoms with Gasteiger partial charge in [0.05, 0.1) is 24.1 Å². The summed E-state index contributed by atoms with van der Waals surface area (Å²) < 4.78 is 40.5. The smallest absolute Gasteiger partial charge is 0.379 e. The monoisotopic (exact) mass is 361 g/mol. The summed E-state index contributed by atoms with van der Waals surface area (Å²) in [4.78, 5) is 4.06. The Hall–Kier alpha value is -1.50. The van der Waals surface area contributed by atoms with Crippen LogP contribution in [0.15, 0.2) is 35.2 Å². The van der Waals surface area contributed by atoms with E-state index in [2.05, 4.69) is 26.2 Å². The van der Waals surface area contributed by atoms with Crippen LogP contribution in [-0.4, -0.2) is 9.55 Å². The fraction of sp³-hybridized carbons (Fsp3) is 0.357. The Kier molecular flexibility index (Phi) is 4.61. The van der Waals surface area contributed by atoms with E-state index in [1.54, 1.807) is 18.6 Å². The van der Waals surface area contributed by atoms with E-state index < -0.39 is 11.7 Å². The predicted octanol–water partition coefficient (Wildman–Crippen LogP) is 4.86. The first-order valence-electron chi connectivity index (χ1n) is 6.40. The normalized spacial score (nSPS) is 12.0. The Morgan fingerprint density at radius 1 is 1.33 bits per heavy atom. The molecule has 0 radical (unpaired) electrons. The minimum Gasteiger partial charge on any atom is -0.379 e. The zero-order valence-corrected chi connectivity index (χ0v) is 13.2. The summed E-state index contributed by atoms with van der Waals surface area (Å²) in [5.41, 5.74) is 0.647. The molecule has 0 aliphatic heterocycles. The highest BCUT2D eigenvalue weighted by Crippen LogP contribution is 2.36. The van der Waals surface area contributed by atoms with Crippen molar-refractivity contribution < 1.29 is 13.2 Å². The van der Waals surface area contributed by atoms with Crippen molar-refractivity contribution in [2.24, 2.45) is 0 Å². The highest BCUT2D eigenvalue weighted by molar-refractivity contribution is 9.10. The number of hydrogen-bond acceptors (Lipinski definition) is 2. The van der Waals surface area contributed by atoms with Gasteiger partial charge in [0.2, 0.25) is 0 Å². The van der Waals surface area contributed by atoms with E-state index in [1.165, 1.54) is 6.07 Å². The fourth-order valence-electron chi connectivity index (χ4n) is 1.98. The molecule has 0 amide bonds. The average molecular weight is 362 g/mol. The van der Waals surface area contributed by atoms with Gasteiger partial charge in [-0.1, -0.05) is 15.9 Å². The molecule has 114 valence electrons. The zero-order valence-electron chi connectivity index (χ0n) is 11.6. The topological polar surface area (TPSA) is 29.9 Å². The van der Waals surface area contributed by atoms with Gasteiger partial charge in [-0.15, -0.1) is 0 Å². The molecule has 2 aromatic rings. The van der Waals surface area contributed by atoms with Gasteiger partial charge in [-0.3, -0.25) is 0 Å². The van der Waals surface area contributed by atoms with Crippen LogP contribution < -0.4 is 5.32 Å². The highest BCUT2D eigenvalue weighted by atomic mass is 79.9. The van der Waals surface area contributed by atoms with E-state index in [0.717, 1.165) is 11.8 Å². The standard InChI is InChI=1S/C14H15BrF3N3/c1-9(2)21-8-19-6-11(21)7-20-10-3-4-13(15)12(5-10)14(16,17)18/h3-6,8-9,20H,7H2,1-2H3. The molecule has 1 aromatic heterocycles. The van der Waals surface area contributed by atoms with Crippen LogP contribution in [0.1, 0.15) is 31.1 Å². The maximum atomic E-state index is 12.8. The van der Waals surface area contributed by atoms with Crippen LogP contribution in [0.5, 0.6) is 0 Å². The summed E-state index contributed by atoms with van der Waals surface area (Å²) in [5.74, 6) is 0. The first-order chi connectivity index (χ1) is 9.79. The van der Waals surface area contributed by atoms with Crippen LogP contribution >= 0.6 is 15.9 Å². The third-order valence-electron chi connectivity index (χ3n) is 3.05. The van der Waals surface area contributed by atoms with Gasteiger partial charge < -0.3 is 9.88 Å². The molecule has 0 saturated heterocycles. The lowest BCUT2D eigenvalue weighted by Crippen LogP contribution is -2.10. The van der Waals surface area contributed by atoms with Crippen molar-refractivity contribution in [1.29, 1.82) is 0 Å². The van der Waals surface area contributed by atoms with E-state index in [9.17, 15) is 13.2 Å². The lowest BCUT2D eigenvalue weighted by Gasteiger charge is -2.15. The number of benzene rings is 1. The number of rotatable bonds is 4. The summed E-state index contributed by atoms with van der Waals surface area (Å²) >= 11 is 2.92. The number of anilines is 1. The predicted molar refractivity (Wildman–Crippen MR) is 79.1 cm³/mol. The second kappa shape index (κ2) is 6.09. The summed E-state index contributed by atoms with van der Waals surface area (Å²) in [6.45, 7) is 4.45. The first-order valence-corrected chi connectivity index (χ1v) is 7.19. The molecule has 2 rings (SSSR count). The number of aromatic nitrogens is 2. The average Bonchev–Trinajstić information content (AvgIpc) is 2.85. The number of alkyl halides is 3. The van der Waals surface area contributed by atoms with Crippen LogP contribution in [0, 0.1) is 0 Å². The van der Waals surface area contributed by atoms with Crippen LogP contribution in [0.4, 0.5) is 18.9 Å². The van der Waals surface area contributed by atoms with Crippen LogP contribution in [-0.2, 0) is 12.7 Å². The molecule has 3 nitrogen and oxygen atoms in total. The van der Waals surface area contributed by atoms with Gasteiger partial charge >= 0.3 is 6.18 Å². The molecule has 0 bridgehead atoms. The summed E-state index contributed by atoms with van der Waals surface area (Å²) in [6, 6.07) is 4.35. The third kappa shape index (κ3) is 3.78. The molecule has 0 atom stereocenters. The first kappa shape index (κ1) is 15.9. The second-order valence-corrected chi connectivity index (χ2v) is 5.79. The molecular weight excluding hydrogens is 347 g/mol. The minimum atomic E-state index is -4.38. The Morgan fingerprint density at radius 3 is 2.67 bits per heavy atom. The van der Waals surface area contributed by atoms with E-state index in [-0.39, 0.29) is 10.5 Å². The molecule has 21 heavy (non-hydrogen) atoms. The van der Waals surface area contributed by atoms with Crippen LogP contribution in [0.25, 0.3) is 0 Å². The molecule has 0 unspecified atom stereocenters. The van der Waals surface area contributed by atoms with Gasteiger partial charge in [0, 0.05) is 22.4 Å². The van der Waals surface area contributed by atoms with Crippen molar-refractivity contribution >= 4 is 21.6 Å². The van der Waals surface area contributed by atoms with Crippen LogP contribution in [0.2, 0.25) is 0 Å². The molecule has 7 heteroatoms. The molecule has 0 aliphatic carbocycles. The Balaban J connectivity index is 2.16. The number of imidazole rings is 1. The molecule has 1 N–H and O–H groups in total. The molecule has 0 spiro atoms. The molecular formula is C14H15BrF3N3. The van der Waals surface area contributed by atoms with Crippen molar-refractivity contribution in [2.45, 2.75) is 32.6 Å². The quantitative estimate of drug-likeness (QED) is 0.842.